The maximum Gasteiger partial charge on any atom is 0.305 e. The zero-order valence-electron chi connectivity index (χ0n) is 18.5. The van der Waals surface area contributed by atoms with E-state index in [1.165, 1.54) is 36.7 Å². The van der Waals surface area contributed by atoms with Crippen molar-refractivity contribution in [3.8, 4) is 0 Å². The molecule has 0 bridgehead atoms. The molecule has 0 spiro atoms. The first-order chi connectivity index (χ1) is 16.8. The summed E-state index contributed by atoms with van der Waals surface area (Å²) in [6.07, 6.45) is 2.15. The van der Waals surface area contributed by atoms with Gasteiger partial charge < -0.3 is 21.1 Å². The number of amides is 1. The maximum atomic E-state index is 13.6. The van der Waals surface area contributed by atoms with E-state index < -0.39 is 33.4 Å². The molecule has 1 unspecified atom stereocenters. The summed E-state index contributed by atoms with van der Waals surface area (Å²) in [5, 5.41) is 16.8. The minimum atomic E-state index is -4.20. The number of aromatic nitrogens is 1. The molecule has 0 aliphatic carbocycles. The van der Waals surface area contributed by atoms with Gasteiger partial charge in [0.1, 0.15) is 5.25 Å². The fraction of sp³-hybridized carbons (Fsp3) is 0.167. The fourth-order valence-electron chi connectivity index (χ4n) is 3.65. The molecule has 3 aromatic rings. The lowest BCUT2D eigenvalue weighted by Crippen LogP contribution is -2.26. The number of guanidine groups is 1. The number of nitrogens with one attached hydrogen (secondary N) is 3. The number of benzene rings is 2. The maximum absolute atomic E-state index is 13.6. The Kier molecular flexibility index (Phi) is 7.06. The highest BCUT2D eigenvalue weighted by atomic mass is 32.2. The molecular weight excluding hydrogens is 470 g/mol. The van der Waals surface area contributed by atoms with Crippen molar-refractivity contribution >= 4 is 39.0 Å². The van der Waals surface area contributed by atoms with Gasteiger partial charge in [0.05, 0.1) is 23.5 Å². The highest BCUT2D eigenvalue weighted by molar-refractivity contribution is 7.91. The molecular formula is C24H23N5O5S. The van der Waals surface area contributed by atoms with Gasteiger partial charge in [0.15, 0.2) is 15.8 Å². The van der Waals surface area contributed by atoms with Crippen molar-refractivity contribution in [1.82, 2.24) is 10.3 Å². The van der Waals surface area contributed by atoms with Crippen molar-refractivity contribution in [2.45, 2.75) is 16.6 Å². The molecule has 11 heteroatoms. The number of rotatable bonds is 8. The van der Waals surface area contributed by atoms with Crippen LogP contribution in [0, 0.1) is 0 Å². The van der Waals surface area contributed by atoms with Gasteiger partial charge in [-0.15, -0.1) is 0 Å². The zero-order chi connectivity index (χ0) is 24.8. The van der Waals surface area contributed by atoms with E-state index in [9.17, 15) is 23.1 Å². The number of nitrogens with zero attached hydrogens (tertiary/aromatic N) is 2. The van der Waals surface area contributed by atoms with Crippen molar-refractivity contribution in [2.75, 3.05) is 23.7 Å². The molecule has 1 aliphatic rings. The summed E-state index contributed by atoms with van der Waals surface area (Å²) in [6, 6.07) is 15.7. The number of aliphatic carboxylic acids is 1. The number of aliphatic imine (C=N–C) groups is 1. The number of carboxylic acid groups (broad SMARTS) is 1. The van der Waals surface area contributed by atoms with E-state index in [4.69, 9.17) is 0 Å². The molecule has 0 saturated heterocycles. The van der Waals surface area contributed by atoms with E-state index in [0.717, 1.165) is 6.54 Å². The summed E-state index contributed by atoms with van der Waals surface area (Å²) in [5.41, 5.74) is 1.25. The number of pyridine rings is 1. The molecule has 1 amide bonds. The second-order valence-electron chi connectivity index (χ2n) is 7.73. The Morgan fingerprint density at radius 1 is 1.09 bits per heavy atom. The van der Waals surface area contributed by atoms with E-state index in [-0.39, 0.29) is 16.1 Å². The smallest absolute Gasteiger partial charge is 0.305 e. The van der Waals surface area contributed by atoms with Crippen molar-refractivity contribution < 1.29 is 23.1 Å². The van der Waals surface area contributed by atoms with Gasteiger partial charge in [0, 0.05) is 30.2 Å². The van der Waals surface area contributed by atoms with Crippen LogP contribution in [0.4, 0.5) is 11.4 Å². The van der Waals surface area contributed by atoms with Crippen LogP contribution in [0.5, 0.6) is 0 Å². The number of sulfone groups is 1. The Morgan fingerprint density at radius 3 is 2.63 bits per heavy atom. The van der Waals surface area contributed by atoms with Gasteiger partial charge in [-0.3, -0.25) is 19.6 Å². The Bertz CT molecular complexity index is 1380. The molecule has 0 radical (unpaired) electrons. The Labute approximate surface area is 202 Å². The Hall–Kier alpha value is -4.25. The van der Waals surface area contributed by atoms with Crippen LogP contribution in [0.25, 0.3) is 0 Å². The van der Waals surface area contributed by atoms with E-state index in [1.54, 1.807) is 36.4 Å². The third kappa shape index (κ3) is 5.64. The fourth-order valence-corrected chi connectivity index (χ4v) is 5.51. The van der Waals surface area contributed by atoms with Gasteiger partial charge >= 0.3 is 5.97 Å². The first-order valence-electron chi connectivity index (χ1n) is 10.8. The third-order valence-electron chi connectivity index (χ3n) is 5.29. The number of anilines is 2. The van der Waals surface area contributed by atoms with Crippen molar-refractivity contribution in [2.24, 2.45) is 4.99 Å². The molecule has 0 saturated carbocycles. The van der Waals surface area contributed by atoms with Crippen LogP contribution in [0.1, 0.15) is 27.6 Å². The summed E-state index contributed by atoms with van der Waals surface area (Å²) >= 11 is 0. The minimum absolute atomic E-state index is 0.0528. The summed E-state index contributed by atoms with van der Waals surface area (Å²) in [5.74, 6) is -1.18. The van der Waals surface area contributed by atoms with Gasteiger partial charge in [0.25, 0.3) is 5.91 Å². The predicted octanol–water partition coefficient (Wildman–Crippen LogP) is 2.69. The number of carboxylic acids is 1. The molecule has 4 N–H and O–H groups in total. The number of carbonyl (C=O) groups is 2. The lowest BCUT2D eigenvalue weighted by molar-refractivity contribution is -0.137. The zero-order valence-corrected chi connectivity index (χ0v) is 19.3. The van der Waals surface area contributed by atoms with Crippen LogP contribution in [0.15, 0.2) is 82.9 Å². The van der Waals surface area contributed by atoms with Gasteiger partial charge in [-0.1, -0.05) is 24.3 Å². The SMILES string of the molecule is O=C(O)CC(c1cccnc1)S(=O)(=O)c1ccccc1NC(=O)c1cccc(NC2=NCCN2)c1. The van der Waals surface area contributed by atoms with Crippen LogP contribution >= 0.6 is 0 Å². The summed E-state index contributed by atoms with van der Waals surface area (Å²) in [4.78, 5) is 32.5. The molecule has 0 fully saturated rings. The number of hydrogen-bond donors (Lipinski definition) is 4. The van der Waals surface area contributed by atoms with Crippen LogP contribution < -0.4 is 16.0 Å². The van der Waals surface area contributed by atoms with Crippen molar-refractivity contribution in [3.63, 3.8) is 0 Å². The van der Waals surface area contributed by atoms with Crippen LogP contribution in [0.3, 0.4) is 0 Å². The van der Waals surface area contributed by atoms with Crippen LogP contribution in [0.2, 0.25) is 0 Å². The van der Waals surface area contributed by atoms with Gasteiger partial charge in [-0.25, -0.2) is 8.42 Å². The van der Waals surface area contributed by atoms with Crippen molar-refractivity contribution in [1.29, 1.82) is 0 Å². The third-order valence-corrected chi connectivity index (χ3v) is 7.45. The topological polar surface area (TPSA) is 150 Å². The lowest BCUT2D eigenvalue weighted by Gasteiger charge is -2.19. The largest absolute Gasteiger partial charge is 0.481 e. The monoisotopic (exact) mass is 493 g/mol. The standard InChI is InChI=1S/C24H23N5O5S/c30-22(31)14-21(17-6-4-10-25-15-17)35(33,34)20-9-2-1-8-19(20)29-23(32)16-5-3-7-18(13-16)28-24-26-11-12-27-24/h1-10,13,15,21H,11-12,14H2,(H,29,32)(H,30,31)(H2,26,27,28). The van der Waals surface area contributed by atoms with Gasteiger partial charge in [-0.05, 0) is 42.0 Å². The summed E-state index contributed by atoms with van der Waals surface area (Å²) in [7, 11) is -4.20. The quantitative estimate of drug-likeness (QED) is 0.374. The molecule has 2 aromatic carbocycles. The first-order valence-corrected chi connectivity index (χ1v) is 12.3. The Balaban J connectivity index is 1.62. The molecule has 10 nitrogen and oxygen atoms in total. The molecule has 2 heterocycles. The predicted molar refractivity (Wildman–Crippen MR) is 131 cm³/mol. The van der Waals surface area contributed by atoms with E-state index in [0.29, 0.717) is 23.8 Å². The lowest BCUT2D eigenvalue weighted by atomic mass is 10.1. The molecule has 35 heavy (non-hydrogen) atoms. The highest BCUT2D eigenvalue weighted by Gasteiger charge is 2.33. The number of carbonyl (C=O) groups excluding carboxylic acids is 1. The first kappa shape index (κ1) is 23.9. The van der Waals surface area contributed by atoms with Crippen LogP contribution in [-0.4, -0.2) is 49.4 Å². The summed E-state index contributed by atoms with van der Waals surface area (Å²) < 4.78 is 27.2. The average Bonchev–Trinajstić information content (AvgIpc) is 3.36. The summed E-state index contributed by atoms with van der Waals surface area (Å²) in [6.45, 7) is 1.39. The normalized spacial score (nSPS) is 13.9. The molecule has 1 aromatic heterocycles. The van der Waals surface area contributed by atoms with Crippen molar-refractivity contribution in [3.05, 3.63) is 84.2 Å². The van der Waals surface area contributed by atoms with Gasteiger partial charge in [0.2, 0.25) is 0 Å². The van der Waals surface area contributed by atoms with Gasteiger partial charge in [-0.2, -0.15) is 0 Å². The number of para-hydroxylation sites is 1. The molecule has 1 aliphatic heterocycles. The minimum Gasteiger partial charge on any atom is -0.481 e. The van der Waals surface area contributed by atoms with E-state index in [1.807, 2.05) is 0 Å². The van der Waals surface area contributed by atoms with Crippen LogP contribution in [-0.2, 0) is 14.6 Å². The number of hydrogen-bond acceptors (Lipinski definition) is 8. The van der Waals surface area contributed by atoms with E-state index >= 15 is 0 Å². The van der Waals surface area contributed by atoms with E-state index in [2.05, 4.69) is 25.9 Å². The second kappa shape index (κ2) is 10.3. The second-order valence-corrected chi connectivity index (χ2v) is 9.83. The average molecular weight is 494 g/mol. The Morgan fingerprint density at radius 2 is 1.91 bits per heavy atom. The highest BCUT2D eigenvalue weighted by Crippen LogP contribution is 2.35. The molecule has 4 rings (SSSR count). The molecule has 180 valence electrons. The molecule has 1 atom stereocenters.